The van der Waals surface area contributed by atoms with Gasteiger partial charge in [-0.25, -0.2) is 4.68 Å². The van der Waals surface area contributed by atoms with Gasteiger partial charge in [0.2, 0.25) is 0 Å². The van der Waals surface area contributed by atoms with Gasteiger partial charge in [0, 0.05) is 62.0 Å². The van der Waals surface area contributed by atoms with Crippen molar-refractivity contribution in [2.24, 2.45) is 5.92 Å². The van der Waals surface area contributed by atoms with Crippen LogP contribution >= 0.6 is 0 Å². The van der Waals surface area contributed by atoms with E-state index in [1.165, 1.54) is 5.56 Å². The van der Waals surface area contributed by atoms with Crippen LogP contribution in [0.5, 0.6) is 0 Å². The number of nitrogens with zero attached hydrogens (tertiary/aromatic N) is 5. The van der Waals surface area contributed by atoms with Crippen molar-refractivity contribution in [2.75, 3.05) is 13.1 Å². The summed E-state index contributed by atoms with van der Waals surface area (Å²) in [5, 5.41) is 4.51. The number of aromatic nitrogens is 4. The van der Waals surface area contributed by atoms with Gasteiger partial charge in [0.25, 0.3) is 5.56 Å². The summed E-state index contributed by atoms with van der Waals surface area (Å²) in [6, 6.07) is 11.2. The molecule has 1 aliphatic rings. The Bertz CT molecular complexity index is 888. The fourth-order valence-corrected chi connectivity index (χ4v) is 3.16. The Hall–Kier alpha value is -2.86. The van der Waals surface area contributed by atoms with Crippen LogP contribution in [0.4, 0.5) is 0 Å². The van der Waals surface area contributed by atoms with Crippen molar-refractivity contribution >= 4 is 0 Å². The van der Waals surface area contributed by atoms with E-state index in [-0.39, 0.29) is 5.56 Å². The van der Waals surface area contributed by atoms with Gasteiger partial charge in [0.05, 0.1) is 12.2 Å². The molecule has 1 saturated heterocycles. The van der Waals surface area contributed by atoms with Gasteiger partial charge in [-0.15, -0.1) is 0 Å². The second-order valence-electron chi connectivity index (χ2n) is 6.40. The zero-order chi connectivity index (χ0) is 17.1. The molecule has 0 unspecified atom stereocenters. The molecule has 0 radical (unpaired) electrons. The number of likely N-dealkylation sites (tertiary alicyclic amines) is 1. The van der Waals surface area contributed by atoms with Crippen LogP contribution in [0.25, 0.3) is 11.3 Å². The summed E-state index contributed by atoms with van der Waals surface area (Å²) in [5.41, 5.74) is 2.86. The van der Waals surface area contributed by atoms with Crippen LogP contribution in [0.3, 0.4) is 0 Å². The molecule has 0 amide bonds. The van der Waals surface area contributed by atoms with Gasteiger partial charge in [-0.2, -0.15) is 5.10 Å². The molecular weight excluding hydrogens is 314 g/mol. The predicted molar refractivity (Wildman–Crippen MR) is 94.7 cm³/mol. The molecule has 4 heterocycles. The minimum absolute atomic E-state index is 0.0571. The van der Waals surface area contributed by atoms with Crippen molar-refractivity contribution in [3.63, 3.8) is 0 Å². The molecule has 4 rings (SSSR count). The third kappa shape index (κ3) is 3.64. The van der Waals surface area contributed by atoms with Crippen LogP contribution in [-0.4, -0.2) is 37.7 Å². The van der Waals surface area contributed by atoms with Crippen molar-refractivity contribution in [1.82, 2.24) is 24.6 Å². The molecule has 0 saturated carbocycles. The van der Waals surface area contributed by atoms with Crippen LogP contribution in [0, 0.1) is 5.92 Å². The van der Waals surface area contributed by atoms with E-state index in [4.69, 9.17) is 0 Å². The molecule has 126 valence electrons. The highest BCUT2D eigenvalue weighted by Gasteiger charge is 2.27. The number of hydrogen-bond donors (Lipinski definition) is 0. The van der Waals surface area contributed by atoms with Gasteiger partial charge in [0.1, 0.15) is 0 Å². The Morgan fingerprint density at radius 3 is 2.52 bits per heavy atom. The van der Waals surface area contributed by atoms with E-state index >= 15 is 0 Å². The predicted octanol–water partition coefficient (Wildman–Crippen LogP) is 1.83. The van der Waals surface area contributed by atoms with Crippen LogP contribution < -0.4 is 5.56 Å². The second kappa shape index (κ2) is 6.94. The monoisotopic (exact) mass is 333 g/mol. The lowest BCUT2D eigenvalue weighted by Crippen LogP contribution is -2.48. The van der Waals surface area contributed by atoms with Gasteiger partial charge < -0.3 is 0 Å². The fraction of sp³-hybridized carbons (Fsp3) is 0.263. The molecule has 6 nitrogen and oxygen atoms in total. The largest absolute Gasteiger partial charge is 0.298 e. The summed E-state index contributed by atoms with van der Waals surface area (Å²) in [6.07, 6.45) is 7.17. The van der Waals surface area contributed by atoms with Crippen molar-refractivity contribution in [1.29, 1.82) is 0 Å². The Kier molecular flexibility index (Phi) is 4.35. The maximum absolute atomic E-state index is 12.1. The summed E-state index contributed by atoms with van der Waals surface area (Å²) in [5.74, 6) is 0.450. The normalized spacial score (nSPS) is 15.0. The minimum atomic E-state index is -0.0571. The zero-order valence-corrected chi connectivity index (χ0v) is 13.8. The number of rotatable bonds is 5. The maximum atomic E-state index is 12.1. The van der Waals surface area contributed by atoms with Crippen LogP contribution in [0.1, 0.15) is 5.56 Å². The third-order valence-corrected chi connectivity index (χ3v) is 4.42. The van der Waals surface area contributed by atoms with Gasteiger partial charge in [-0.3, -0.25) is 19.7 Å². The molecule has 0 bridgehead atoms. The molecule has 0 atom stereocenters. The minimum Gasteiger partial charge on any atom is -0.298 e. The molecule has 25 heavy (non-hydrogen) atoms. The summed E-state index contributed by atoms with van der Waals surface area (Å²) in [4.78, 5) is 22.7. The first-order valence-electron chi connectivity index (χ1n) is 8.38. The lowest BCUT2D eigenvalue weighted by Gasteiger charge is -2.39. The van der Waals surface area contributed by atoms with E-state index < -0.39 is 0 Å². The van der Waals surface area contributed by atoms with Crippen molar-refractivity contribution in [2.45, 2.75) is 13.1 Å². The lowest BCUT2D eigenvalue weighted by atomic mass is 9.99. The third-order valence-electron chi connectivity index (χ3n) is 4.42. The van der Waals surface area contributed by atoms with E-state index in [0.29, 0.717) is 12.5 Å². The summed E-state index contributed by atoms with van der Waals surface area (Å²) in [7, 11) is 0. The first-order chi connectivity index (χ1) is 12.3. The van der Waals surface area contributed by atoms with E-state index in [2.05, 4.69) is 26.0 Å². The van der Waals surface area contributed by atoms with E-state index in [9.17, 15) is 4.79 Å². The van der Waals surface area contributed by atoms with Crippen molar-refractivity contribution in [3.8, 4) is 11.3 Å². The van der Waals surface area contributed by atoms with E-state index in [0.717, 1.165) is 30.9 Å². The van der Waals surface area contributed by atoms with Crippen LogP contribution in [-0.2, 0) is 13.1 Å². The van der Waals surface area contributed by atoms with Gasteiger partial charge in [-0.05, 0) is 29.8 Å². The lowest BCUT2D eigenvalue weighted by molar-refractivity contribution is 0.0766. The second-order valence-corrected chi connectivity index (χ2v) is 6.40. The average Bonchev–Trinajstić information content (AvgIpc) is 2.63. The smallest absolute Gasteiger partial charge is 0.266 e. The molecule has 3 aromatic rings. The molecule has 1 aliphatic heterocycles. The SMILES string of the molecule is O=c1ccc(-c2cccnc2)nn1CC1CN(Cc2cccnc2)C1. The molecule has 0 aliphatic carbocycles. The molecule has 0 spiro atoms. The summed E-state index contributed by atoms with van der Waals surface area (Å²) in [6.45, 7) is 3.50. The van der Waals surface area contributed by atoms with Crippen molar-refractivity contribution in [3.05, 3.63) is 77.1 Å². The standard InChI is InChI=1S/C19H19N5O/c25-19-6-5-18(17-4-2-8-21-10-17)22-24(19)14-16-12-23(13-16)11-15-3-1-7-20-9-15/h1-10,16H,11-14H2. The van der Waals surface area contributed by atoms with E-state index in [1.54, 1.807) is 35.4 Å². The van der Waals surface area contributed by atoms with Crippen molar-refractivity contribution < 1.29 is 0 Å². The Morgan fingerprint density at radius 2 is 1.80 bits per heavy atom. The topological polar surface area (TPSA) is 63.9 Å². The zero-order valence-electron chi connectivity index (χ0n) is 13.8. The highest BCUT2D eigenvalue weighted by atomic mass is 16.1. The molecule has 3 aromatic heterocycles. The Balaban J connectivity index is 1.40. The molecule has 6 heteroatoms. The molecule has 0 aromatic carbocycles. The van der Waals surface area contributed by atoms with E-state index in [1.807, 2.05) is 24.4 Å². The number of pyridine rings is 2. The molecule has 1 fully saturated rings. The van der Waals surface area contributed by atoms with Crippen LogP contribution in [0.15, 0.2) is 66.0 Å². The maximum Gasteiger partial charge on any atom is 0.266 e. The first kappa shape index (κ1) is 15.7. The average molecular weight is 333 g/mol. The highest BCUT2D eigenvalue weighted by Crippen LogP contribution is 2.20. The molecule has 0 N–H and O–H groups in total. The number of hydrogen-bond acceptors (Lipinski definition) is 5. The highest BCUT2D eigenvalue weighted by molar-refractivity contribution is 5.56. The molecular formula is C19H19N5O. The summed E-state index contributed by atoms with van der Waals surface area (Å²) < 4.78 is 1.58. The first-order valence-corrected chi connectivity index (χ1v) is 8.38. The van der Waals surface area contributed by atoms with Gasteiger partial charge in [0.15, 0.2) is 0 Å². The summed E-state index contributed by atoms with van der Waals surface area (Å²) >= 11 is 0. The van der Waals surface area contributed by atoms with Gasteiger partial charge >= 0.3 is 0 Å². The Morgan fingerprint density at radius 1 is 1.00 bits per heavy atom. The fourth-order valence-electron chi connectivity index (χ4n) is 3.16. The Labute approximate surface area is 145 Å². The quantitative estimate of drug-likeness (QED) is 0.713. The van der Waals surface area contributed by atoms with Gasteiger partial charge in [-0.1, -0.05) is 6.07 Å². The van der Waals surface area contributed by atoms with Crippen LogP contribution in [0.2, 0.25) is 0 Å².